The third-order valence-corrected chi connectivity index (χ3v) is 2.05. The fourth-order valence-corrected chi connectivity index (χ4v) is 1.10. The second kappa shape index (κ2) is 7.00. The summed E-state index contributed by atoms with van der Waals surface area (Å²) in [4.78, 5) is 7.47. The Morgan fingerprint density at radius 2 is 2.11 bits per heavy atom. The van der Waals surface area contributed by atoms with Crippen LogP contribution in [-0.2, 0) is 0 Å². The van der Waals surface area contributed by atoms with E-state index in [9.17, 15) is 13.2 Å². The van der Waals surface area contributed by atoms with Crippen molar-refractivity contribution >= 4 is 11.8 Å². The van der Waals surface area contributed by atoms with Gasteiger partial charge < -0.3 is 15.7 Å². The fraction of sp³-hybridized carbons (Fsp3) is 0.600. The summed E-state index contributed by atoms with van der Waals surface area (Å²) in [5, 5.41) is 14.0. The van der Waals surface area contributed by atoms with Gasteiger partial charge in [0.1, 0.15) is 6.10 Å². The van der Waals surface area contributed by atoms with Crippen LogP contribution in [0.15, 0.2) is 6.20 Å². The molecule has 0 aliphatic rings. The molecule has 8 heteroatoms. The van der Waals surface area contributed by atoms with Crippen LogP contribution >= 0.6 is 0 Å². The van der Waals surface area contributed by atoms with Gasteiger partial charge in [0.25, 0.3) is 6.43 Å². The number of hydrogen-bond donors (Lipinski definition) is 3. The summed E-state index contributed by atoms with van der Waals surface area (Å²) >= 11 is 0. The van der Waals surface area contributed by atoms with Gasteiger partial charge in [-0.05, 0) is 6.42 Å². The lowest BCUT2D eigenvalue weighted by atomic mass is 10.3. The van der Waals surface area contributed by atoms with E-state index in [1.54, 1.807) is 0 Å². The Kier molecular flexibility index (Phi) is 5.63. The lowest BCUT2D eigenvalue weighted by Crippen LogP contribution is -2.27. The van der Waals surface area contributed by atoms with Gasteiger partial charge in [0.15, 0.2) is 11.6 Å². The second-order valence-electron chi connectivity index (χ2n) is 3.60. The van der Waals surface area contributed by atoms with Crippen LogP contribution in [0.4, 0.5) is 24.9 Å². The minimum Gasteiger partial charge on any atom is -0.385 e. The maximum absolute atomic E-state index is 13.3. The number of halogens is 3. The van der Waals surface area contributed by atoms with Crippen molar-refractivity contribution in [1.29, 1.82) is 0 Å². The molecule has 1 aromatic rings. The zero-order valence-corrected chi connectivity index (χ0v) is 9.83. The van der Waals surface area contributed by atoms with E-state index in [0.717, 1.165) is 12.6 Å². The van der Waals surface area contributed by atoms with Crippen LogP contribution in [0.5, 0.6) is 0 Å². The zero-order chi connectivity index (χ0) is 13.5. The maximum Gasteiger partial charge on any atom is 0.265 e. The van der Waals surface area contributed by atoms with Crippen LogP contribution in [0.25, 0.3) is 0 Å². The van der Waals surface area contributed by atoms with E-state index < -0.39 is 24.9 Å². The highest BCUT2D eigenvalue weighted by Gasteiger charge is 2.17. The summed E-state index contributed by atoms with van der Waals surface area (Å²) in [6, 6.07) is 0. The van der Waals surface area contributed by atoms with Crippen molar-refractivity contribution in [3.8, 4) is 0 Å². The molecule has 0 amide bonds. The number of anilines is 2. The van der Waals surface area contributed by atoms with Crippen LogP contribution in [0.3, 0.4) is 0 Å². The highest BCUT2D eigenvalue weighted by molar-refractivity contribution is 5.41. The van der Waals surface area contributed by atoms with Crippen molar-refractivity contribution in [2.75, 3.05) is 23.7 Å². The molecule has 0 bridgehead atoms. The topological polar surface area (TPSA) is 70.1 Å². The van der Waals surface area contributed by atoms with Gasteiger partial charge in [-0.15, -0.1) is 0 Å². The molecule has 1 unspecified atom stereocenters. The Morgan fingerprint density at radius 3 is 2.72 bits per heavy atom. The first-order valence-corrected chi connectivity index (χ1v) is 5.51. The summed E-state index contributed by atoms with van der Waals surface area (Å²) in [6.45, 7) is 2.07. The van der Waals surface area contributed by atoms with E-state index in [-0.39, 0.29) is 11.8 Å². The Balaban J connectivity index is 2.63. The second-order valence-corrected chi connectivity index (χ2v) is 3.60. The molecule has 0 fully saturated rings. The quantitative estimate of drug-likeness (QED) is 0.696. The number of hydrogen-bond acceptors (Lipinski definition) is 5. The Morgan fingerprint density at radius 1 is 1.39 bits per heavy atom. The largest absolute Gasteiger partial charge is 0.385 e. The third kappa shape index (κ3) is 4.36. The minimum atomic E-state index is -2.89. The van der Waals surface area contributed by atoms with Gasteiger partial charge in [0.2, 0.25) is 5.95 Å². The average Bonchev–Trinajstić information content (AvgIpc) is 2.35. The van der Waals surface area contributed by atoms with Gasteiger partial charge in [0, 0.05) is 13.1 Å². The van der Waals surface area contributed by atoms with E-state index in [0.29, 0.717) is 6.54 Å². The number of aliphatic hydroxyl groups excluding tert-OH is 1. The van der Waals surface area contributed by atoms with Crippen molar-refractivity contribution in [1.82, 2.24) is 9.97 Å². The molecule has 1 rings (SSSR count). The number of nitrogens with one attached hydrogen (secondary N) is 2. The van der Waals surface area contributed by atoms with Gasteiger partial charge in [-0.3, -0.25) is 0 Å². The number of aromatic nitrogens is 2. The van der Waals surface area contributed by atoms with Crippen molar-refractivity contribution in [3.05, 3.63) is 12.0 Å². The summed E-state index contributed by atoms with van der Waals surface area (Å²) in [6.07, 6.45) is -2.98. The standard InChI is InChI=1S/C10H15F3N4O/c1-2-3-14-10-16-4-6(11)9(17-10)15-5-7(18)8(12)13/h4,7-8,18H,2-3,5H2,1H3,(H2,14,15,16,17). The molecule has 0 radical (unpaired) electrons. The number of alkyl halides is 2. The molecule has 0 saturated heterocycles. The van der Waals surface area contributed by atoms with Gasteiger partial charge in [-0.25, -0.2) is 18.2 Å². The maximum atomic E-state index is 13.3. The molecule has 0 aliphatic carbocycles. The molecule has 1 atom stereocenters. The van der Waals surface area contributed by atoms with Crippen molar-refractivity contribution in [3.63, 3.8) is 0 Å². The summed E-state index contributed by atoms with van der Waals surface area (Å²) < 4.78 is 37.4. The lowest BCUT2D eigenvalue weighted by Gasteiger charge is -2.12. The van der Waals surface area contributed by atoms with Crippen LogP contribution in [0.1, 0.15) is 13.3 Å². The zero-order valence-electron chi connectivity index (χ0n) is 9.83. The van der Waals surface area contributed by atoms with Crippen LogP contribution < -0.4 is 10.6 Å². The highest BCUT2D eigenvalue weighted by atomic mass is 19.3. The Labute approximate surface area is 102 Å². The molecule has 0 aromatic carbocycles. The SMILES string of the molecule is CCCNc1ncc(F)c(NCC(O)C(F)F)n1. The van der Waals surface area contributed by atoms with Crippen LogP contribution in [0, 0.1) is 5.82 Å². The van der Waals surface area contributed by atoms with Gasteiger partial charge in [0.05, 0.1) is 6.20 Å². The number of rotatable bonds is 7. The first kappa shape index (κ1) is 14.5. The first-order valence-electron chi connectivity index (χ1n) is 5.51. The van der Waals surface area contributed by atoms with Gasteiger partial charge >= 0.3 is 0 Å². The van der Waals surface area contributed by atoms with Crippen LogP contribution in [-0.4, -0.2) is 40.7 Å². The van der Waals surface area contributed by atoms with E-state index in [4.69, 9.17) is 5.11 Å². The van der Waals surface area contributed by atoms with E-state index >= 15 is 0 Å². The van der Waals surface area contributed by atoms with Crippen molar-refractivity contribution < 1.29 is 18.3 Å². The molecule has 0 aliphatic heterocycles. The molecule has 0 saturated carbocycles. The molecule has 3 N–H and O–H groups in total. The Bertz CT molecular complexity index is 378. The monoisotopic (exact) mass is 264 g/mol. The predicted molar refractivity (Wildman–Crippen MR) is 61.3 cm³/mol. The molecule has 0 spiro atoms. The van der Waals surface area contributed by atoms with Gasteiger partial charge in [-0.2, -0.15) is 4.98 Å². The molecule has 5 nitrogen and oxygen atoms in total. The normalized spacial score (nSPS) is 12.6. The van der Waals surface area contributed by atoms with Gasteiger partial charge in [-0.1, -0.05) is 6.92 Å². The minimum absolute atomic E-state index is 0.201. The molecule has 102 valence electrons. The average molecular weight is 264 g/mol. The smallest absolute Gasteiger partial charge is 0.265 e. The predicted octanol–water partition coefficient (Wildman–Crippen LogP) is 1.48. The number of aliphatic hydroxyl groups is 1. The van der Waals surface area contributed by atoms with E-state index in [2.05, 4.69) is 20.6 Å². The first-order chi connectivity index (χ1) is 8.54. The molecule has 1 heterocycles. The molecule has 18 heavy (non-hydrogen) atoms. The Hall–Kier alpha value is -1.57. The lowest BCUT2D eigenvalue weighted by molar-refractivity contribution is 0.00377. The van der Waals surface area contributed by atoms with E-state index in [1.807, 2.05) is 6.92 Å². The molecular formula is C10H15F3N4O. The van der Waals surface area contributed by atoms with Crippen LogP contribution in [0.2, 0.25) is 0 Å². The van der Waals surface area contributed by atoms with Crippen molar-refractivity contribution in [2.45, 2.75) is 25.9 Å². The number of nitrogens with zero attached hydrogens (tertiary/aromatic N) is 2. The fourth-order valence-electron chi connectivity index (χ4n) is 1.10. The van der Waals surface area contributed by atoms with Crippen molar-refractivity contribution in [2.24, 2.45) is 0 Å². The summed E-state index contributed by atoms with van der Waals surface area (Å²) in [7, 11) is 0. The highest BCUT2D eigenvalue weighted by Crippen LogP contribution is 2.12. The third-order valence-electron chi connectivity index (χ3n) is 2.05. The molecular weight excluding hydrogens is 249 g/mol. The van der Waals surface area contributed by atoms with E-state index in [1.165, 1.54) is 0 Å². The summed E-state index contributed by atoms with van der Waals surface area (Å²) in [5.74, 6) is -0.783. The molecule has 1 aromatic heterocycles. The summed E-state index contributed by atoms with van der Waals surface area (Å²) in [5.41, 5.74) is 0.